The van der Waals surface area contributed by atoms with E-state index in [4.69, 9.17) is 0 Å². The predicted octanol–water partition coefficient (Wildman–Crippen LogP) is 1.54. The molecule has 2 fully saturated rings. The van der Waals surface area contributed by atoms with Crippen molar-refractivity contribution < 1.29 is 22.9 Å². The Labute approximate surface area is 185 Å². The van der Waals surface area contributed by atoms with E-state index in [0.29, 0.717) is 18.8 Å². The van der Waals surface area contributed by atoms with E-state index in [0.717, 1.165) is 17.7 Å². The first-order chi connectivity index (χ1) is 15.2. The Balaban J connectivity index is 1.43. The normalized spacial score (nSPS) is 20.7. The Morgan fingerprint density at radius 2 is 1.53 bits per heavy atom. The molecule has 2 amide bonds. The monoisotopic (exact) mass is 458 g/mol. The number of sulfonamides is 1. The third-order valence-corrected chi connectivity index (χ3v) is 7.73. The van der Waals surface area contributed by atoms with Crippen LogP contribution in [0.15, 0.2) is 53.4 Å². The summed E-state index contributed by atoms with van der Waals surface area (Å²) in [6.07, 6.45) is 0.0574. The maximum atomic E-state index is 13.0. The van der Waals surface area contributed by atoms with Gasteiger partial charge in [-0.05, 0) is 31.2 Å². The largest absolute Gasteiger partial charge is 0.289 e. The first kappa shape index (κ1) is 22.1. The molecule has 2 heterocycles. The molecule has 168 valence electrons. The lowest BCUT2D eigenvalue weighted by atomic mass is 10.2. The number of carbonyl (C=O) groups excluding carboxylic acids is 2. The highest BCUT2D eigenvalue weighted by molar-refractivity contribution is 7.89. The van der Waals surface area contributed by atoms with Gasteiger partial charge in [0.05, 0.1) is 28.0 Å². The second-order valence-electron chi connectivity index (χ2n) is 7.81. The van der Waals surface area contributed by atoms with Crippen LogP contribution in [0.2, 0.25) is 0 Å². The SMILES string of the molecule is Cc1ccc(N2C(=O)C[C@@H](N3CCN(S(=O)(=O)c4ccc([N+](=O)[O-])cc4)CC3)C2=O)cc1. The molecular weight excluding hydrogens is 436 g/mol. The van der Waals surface area contributed by atoms with Crippen molar-refractivity contribution in [3.05, 3.63) is 64.2 Å². The van der Waals surface area contributed by atoms with Crippen molar-refractivity contribution in [3.63, 3.8) is 0 Å². The molecule has 4 rings (SSSR count). The number of rotatable bonds is 5. The molecule has 0 aliphatic carbocycles. The van der Waals surface area contributed by atoms with E-state index in [9.17, 15) is 28.1 Å². The first-order valence-electron chi connectivity index (χ1n) is 10.1. The highest BCUT2D eigenvalue weighted by Gasteiger charge is 2.44. The standard InChI is InChI=1S/C21H22N4O6S/c1-15-2-4-16(5-3-15)24-20(26)14-19(21(24)27)22-10-12-23(13-11-22)32(30,31)18-8-6-17(7-9-18)25(28)29/h2-9,19H,10-14H2,1H3/t19-/m1/s1. The van der Waals surface area contributed by atoms with Crippen LogP contribution in [-0.2, 0) is 19.6 Å². The minimum Gasteiger partial charge on any atom is -0.289 e. The molecule has 0 aromatic heterocycles. The Morgan fingerprint density at radius 3 is 2.09 bits per heavy atom. The van der Waals surface area contributed by atoms with E-state index in [2.05, 4.69) is 0 Å². The molecule has 0 N–H and O–H groups in total. The minimum atomic E-state index is -3.81. The van der Waals surface area contributed by atoms with Gasteiger partial charge in [0.25, 0.3) is 11.6 Å². The molecule has 0 bridgehead atoms. The van der Waals surface area contributed by atoms with Gasteiger partial charge >= 0.3 is 0 Å². The fourth-order valence-corrected chi connectivity index (χ4v) is 5.43. The van der Waals surface area contributed by atoms with E-state index < -0.39 is 21.0 Å². The minimum absolute atomic E-state index is 0.0192. The van der Waals surface area contributed by atoms with E-state index in [1.165, 1.54) is 21.3 Å². The van der Waals surface area contributed by atoms with Crippen molar-refractivity contribution in [2.45, 2.75) is 24.3 Å². The predicted molar refractivity (Wildman–Crippen MR) is 116 cm³/mol. The van der Waals surface area contributed by atoms with E-state index in [1.807, 2.05) is 24.0 Å². The number of hydrogen-bond donors (Lipinski definition) is 0. The van der Waals surface area contributed by atoms with Crippen LogP contribution in [0.3, 0.4) is 0 Å². The third-order valence-electron chi connectivity index (χ3n) is 5.81. The zero-order valence-electron chi connectivity index (χ0n) is 17.4. The molecule has 32 heavy (non-hydrogen) atoms. The van der Waals surface area contributed by atoms with Crippen LogP contribution in [0.25, 0.3) is 0 Å². The molecule has 2 aliphatic heterocycles. The number of benzene rings is 2. The maximum Gasteiger partial charge on any atom is 0.269 e. The zero-order chi connectivity index (χ0) is 23.0. The summed E-state index contributed by atoms with van der Waals surface area (Å²) in [4.78, 5) is 38.7. The average Bonchev–Trinajstić information content (AvgIpc) is 3.08. The zero-order valence-corrected chi connectivity index (χ0v) is 18.2. The Bertz CT molecular complexity index is 1160. The summed E-state index contributed by atoms with van der Waals surface area (Å²) >= 11 is 0. The third kappa shape index (κ3) is 4.01. The van der Waals surface area contributed by atoms with Crippen molar-refractivity contribution in [2.75, 3.05) is 31.1 Å². The molecule has 2 saturated heterocycles. The lowest BCUT2D eigenvalue weighted by Gasteiger charge is -2.36. The van der Waals surface area contributed by atoms with E-state index in [1.54, 1.807) is 12.1 Å². The summed E-state index contributed by atoms with van der Waals surface area (Å²) in [5, 5.41) is 10.8. The number of piperazine rings is 1. The highest BCUT2D eigenvalue weighted by atomic mass is 32.2. The smallest absolute Gasteiger partial charge is 0.269 e. The van der Waals surface area contributed by atoms with Gasteiger partial charge in [0.2, 0.25) is 15.9 Å². The second kappa shape index (κ2) is 8.41. The van der Waals surface area contributed by atoms with Gasteiger partial charge in [-0.25, -0.2) is 13.3 Å². The molecular formula is C21H22N4O6S. The Kier molecular flexibility index (Phi) is 5.80. The molecule has 0 spiro atoms. The molecule has 0 saturated carbocycles. The molecule has 10 nitrogen and oxygen atoms in total. The van der Waals surface area contributed by atoms with Gasteiger partial charge in [0.15, 0.2) is 0 Å². The van der Waals surface area contributed by atoms with Gasteiger partial charge in [-0.3, -0.25) is 24.6 Å². The van der Waals surface area contributed by atoms with Gasteiger partial charge in [0.1, 0.15) is 0 Å². The van der Waals surface area contributed by atoms with Crippen molar-refractivity contribution in [3.8, 4) is 0 Å². The topological polar surface area (TPSA) is 121 Å². The summed E-state index contributed by atoms with van der Waals surface area (Å²) < 4.78 is 27.1. The first-order valence-corrected chi connectivity index (χ1v) is 11.5. The average molecular weight is 458 g/mol. The van der Waals surface area contributed by atoms with Gasteiger partial charge in [-0.15, -0.1) is 0 Å². The van der Waals surface area contributed by atoms with Crippen LogP contribution >= 0.6 is 0 Å². The molecule has 0 unspecified atom stereocenters. The van der Waals surface area contributed by atoms with Gasteiger partial charge < -0.3 is 0 Å². The van der Waals surface area contributed by atoms with Crippen LogP contribution < -0.4 is 4.90 Å². The van der Waals surface area contributed by atoms with E-state index in [-0.39, 0.29) is 41.9 Å². The van der Waals surface area contributed by atoms with E-state index >= 15 is 0 Å². The van der Waals surface area contributed by atoms with Gasteiger partial charge in [-0.2, -0.15) is 4.31 Å². The quantitative estimate of drug-likeness (QED) is 0.378. The molecule has 1 atom stereocenters. The molecule has 2 aliphatic rings. The lowest BCUT2D eigenvalue weighted by molar-refractivity contribution is -0.384. The number of imide groups is 1. The number of nitrogens with zero attached hydrogens (tertiary/aromatic N) is 4. The van der Waals surface area contributed by atoms with Gasteiger partial charge in [-0.1, -0.05) is 17.7 Å². The lowest BCUT2D eigenvalue weighted by Crippen LogP contribution is -2.53. The van der Waals surface area contributed by atoms with Crippen LogP contribution in [0.5, 0.6) is 0 Å². The number of nitro groups is 1. The summed E-state index contributed by atoms with van der Waals surface area (Å²) in [6.45, 7) is 2.84. The van der Waals surface area contributed by atoms with Crippen LogP contribution in [0, 0.1) is 17.0 Å². The molecule has 11 heteroatoms. The fraction of sp³-hybridized carbons (Fsp3) is 0.333. The number of carbonyl (C=O) groups is 2. The number of amides is 2. The molecule has 2 aromatic carbocycles. The number of aryl methyl sites for hydroxylation is 1. The van der Waals surface area contributed by atoms with Crippen molar-refractivity contribution in [1.29, 1.82) is 0 Å². The summed E-state index contributed by atoms with van der Waals surface area (Å²) in [5.74, 6) is -0.574. The number of non-ortho nitro benzene ring substituents is 1. The van der Waals surface area contributed by atoms with Gasteiger partial charge in [0, 0.05) is 38.3 Å². The summed E-state index contributed by atoms with van der Waals surface area (Å²) in [5.41, 5.74) is 1.37. The Hall–Kier alpha value is -3.15. The summed E-state index contributed by atoms with van der Waals surface area (Å²) in [7, 11) is -3.81. The molecule has 0 radical (unpaired) electrons. The number of nitro benzene ring substituents is 1. The van der Waals surface area contributed by atoms with Crippen molar-refractivity contribution in [2.24, 2.45) is 0 Å². The van der Waals surface area contributed by atoms with Crippen molar-refractivity contribution in [1.82, 2.24) is 9.21 Å². The fourth-order valence-electron chi connectivity index (χ4n) is 4.01. The van der Waals surface area contributed by atoms with Crippen molar-refractivity contribution >= 4 is 33.2 Å². The van der Waals surface area contributed by atoms with Crippen LogP contribution in [0.1, 0.15) is 12.0 Å². The Morgan fingerprint density at radius 1 is 0.938 bits per heavy atom. The highest BCUT2D eigenvalue weighted by Crippen LogP contribution is 2.28. The molecule has 2 aromatic rings. The summed E-state index contributed by atoms with van der Waals surface area (Å²) in [6, 6.07) is 11.3. The second-order valence-corrected chi connectivity index (χ2v) is 9.75. The van der Waals surface area contributed by atoms with Crippen LogP contribution in [-0.4, -0.2) is 66.6 Å². The number of anilines is 1. The van der Waals surface area contributed by atoms with Crippen LogP contribution in [0.4, 0.5) is 11.4 Å². The maximum absolute atomic E-state index is 13.0. The number of hydrogen-bond acceptors (Lipinski definition) is 7.